The number of rotatable bonds is 3. The molecule has 0 amide bonds. The lowest BCUT2D eigenvalue weighted by atomic mass is 10.2. The fourth-order valence-corrected chi connectivity index (χ4v) is 2.16. The van der Waals surface area contributed by atoms with Crippen molar-refractivity contribution in [2.24, 2.45) is 0 Å². The van der Waals surface area contributed by atoms with Crippen molar-refractivity contribution < 1.29 is 9.47 Å². The lowest BCUT2D eigenvalue weighted by Gasteiger charge is -2.11. The van der Waals surface area contributed by atoms with E-state index >= 15 is 0 Å². The molecule has 0 radical (unpaired) electrons. The molecular formula is C12H14O2. The molecule has 74 valence electrons. The molecule has 1 saturated heterocycles. The highest BCUT2D eigenvalue weighted by molar-refractivity contribution is 5.13. The molecule has 2 unspecified atom stereocenters. The number of benzene rings is 1. The summed E-state index contributed by atoms with van der Waals surface area (Å²) in [7, 11) is 0. The third kappa shape index (κ3) is 1.56. The Labute approximate surface area is 83.8 Å². The Morgan fingerprint density at radius 2 is 2.07 bits per heavy atom. The van der Waals surface area contributed by atoms with Crippen LogP contribution >= 0.6 is 0 Å². The summed E-state index contributed by atoms with van der Waals surface area (Å²) in [5.41, 5.74) is 1.25. The molecule has 0 bridgehead atoms. The molecular weight excluding hydrogens is 176 g/mol. The van der Waals surface area contributed by atoms with E-state index in [0.29, 0.717) is 18.3 Å². The van der Waals surface area contributed by atoms with Crippen molar-refractivity contribution in [3.8, 4) is 0 Å². The summed E-state index contributed by atoms with van der Waals surface area (Å²) >= 11 is 0. The lowest BCUT2D eigenvalue weighted by molar-refractivity contribution is 0.0160. The van der Waals surface area contributed by atoms with Gasteiger partial charge in [0, 0.05) is 0 Å². The normalized spacial score (nSPS) is 34.1. The van der Waals surface area contributed by atoms with Crippen molar-refractivity contribution in [2.75, 3.05) is 0 Å². The maximum absolute atomic E-state index is 5.82. The van der Waals surface area contributed by atoms with Crippen molar-refractivity contribution in [3.05, 3.63) is 35.9 Å². The summed E-state index contributed by atoms with van der Waals surface area (Å²) in [6.45, 7) is 0.720. The molecule has 1 aromatic rings. The van der Waals surface area contributed by atoms with Crippen LogP contribution in [-0.4, -0.2) is 18.3 Å². The van der Waals surface area contributed by atoms with Gasteiger partial charge in [0.1, 0.15) is 6.10 Å². The highest BCUT2D eigenvalue weighted by atomic mass is 16.6. The molecule has 2 aliphatic rings. The minimum atomic E-state index is 0.347. The monoisotopic (exact) mass is 190 g/mol. The van der Waals surface area contributed by atoms with Gasteiger partial charge in [0.05, 0.1) is 18.8 Å². The third-order valence-corrected chi connectivity index (χ3v) is 3.03. The molecule has 2 nitrogen and oxygen atoms in total. The summed E-state index contributed by atoms with van der Waals surface area (Å²) < 4.78 is 11.2. The van der Waals surface area contributed by atoms with Crippen molar-refractivity contribution in [1.82, 2.24) is 0 Å². The molecule has 0 spiro atoms. The van der Waals surface area contributed by atoms with Crippen molar-refractivity contribution >= 4 is 0 Å². The van der Waals surface area contributed by atoms with E-state index in [4.69, 9.17) is 9.47 Å². The van der Waals surface area contributed by atoms with Crippen LogP contribution in [0.3, 0.4) is 0 Å². The Morgan fingerprint density at radius 3 is 2.71 bits per heavy atom. The fraction of sp³-hybridized carbons (Fsp3) is 0.500. The Morgan fingerprint density at radius 1 is 1.21 bits per heavy atom. The second kappa shape index (κ2) is 3.37. The summed E-state index contributed by atoms with van der Waals surface area (Å²) in [5, 5.41) is 0. The standard InChI is InChI=1S/C12H14O2/c1-2-4-9(5-3-1)8-13-10-6-7-11-12(10)14-11/h1-5,10-12H,6-8H2/t10?,11?,12-/m1/s1. The first-order valence-corrected chi connectivity index (χ1v) is 5.24. The smallest absolute Gasteiger partial charge is 0.110 e. The second-order valence-electron chi connectivity index (χ2n) is 4.05. The minimum Gasteiger partial charge on any atom is -0.371 e. The molecule has 2 fully saturated rings. The van der Waals surface area contributed by atoms with Gasteiger partial charge in [-0.3, -0.25) is 0 Å². The molecule has 14 heavy (non-hydrogen) atoms. The number of fused-ring (bicyclic) bond motifs is 1. The second-order valence-corrected chi connectivity index (χ2v) is 4.05. The maximum Gasteiger partial charge on any atom is 0.110 e. The first-order valence-electron chi connectivity index (χ1n) is 5.24. The molecule has 1 aromatic carbocycles. The first kappa shape index (κ1) is 8.45. The minimum absolute atomic E-state index is 0.347. The largest absolute Gasteiger partial charge is 0.371 e. The highest BCUT2D eigenvalue weighted by Gasteiger charge is 2.50. The first-order chi connectivity index (χ1) is 6.93. The van der Waals surface area contributed by atoms with E-state index in [1.165, 1.54) is 18.4 Å². The molecule has 1 heterocycles. The van der Waals surface area contributed by atoms with Crippen LogP contribution < -0.4 is 0 Å². The van der Waals surface area contributed by atoms with Crippen LogP contribution in [0.2, 0.25) is 0 Å². The Hall–Kier alpha value is -0.860. The number of hydrogen-bond acceptors (Lipinski definition) is 2. The zero-order valence-electron chi connectivity index (χ0n) is 8.06. The van der Waals surface area contributed by atoms with Gasteiger partial charge >= 0.3 is 0 Å². The van der Waals surface area contributed by atoms with Gasteiger partial charge in [-0.05, 0) is 18.4 Å². The average molecular weight is 190 g/mol. The molecule has 3 atom stereocenters. The molecule has 0 N–H and O–H groups in total. The van der Waals surface area contributed by atoms with Gasteiger partial charge in [0.25, 0.3) is 0 Å². The predicted molar refractivity (Wildman–Crippen MR) is 52.9 cm³/mol. The SMILES string of the molecule is c1ccc(COC2CCC3O[C@H]23)cc1. The molecule has 0 aromatic heterocycles. The number of epoxide rings is 1. The van der Waals surface area contributed by atoms with Gasteiger partial charge in [-0.15, -0.1) is 0 Å². The molecule has 1 aliphatic heterocycles. The van der Waals surface area contributed by atoms with E-state index in [1.54, 1.807) is 0 Å². The maximum atomic E-state index is 5.82. The van der Waals surface area contributed by atoms with Gasteiger partial charge in [-0.1, -0.05) is 30.3 Å². The van der Waals surface area contributed by atoms with E-state index < -0.39 is 0 Å². The van der Waals surface area contributed by atoms with Crippen LogP contribution in [-0.2, 0) is 16.1 Å². The van der Waals surface area contributed by atoms with Gasteiger partial charge in [-0.25, -0.2) is 0 Å². The van der Waals surface area contributed by atoms with Crippen LogP contribution in [0.25, 0.3) is 0 Å². The Kier molecular flexibility index (Phi) is 2.03. The van der Waals surface area contributed by atoms with Gasteiger partial charge in [0.15, 0.2) is 0 Å². The van der Waals surface area contributed by atoms with Gasteiger partial charge < -0.3 is 9.47 Å². The van der Waals surface area contributed by atoms with Crippen molar-refractivity contribution in [2.45, 2.75) is 37.8 Å². The van der Waals surface area contributed by atoms with Crippen molar-refractivity contribution in [3.63, 3.8) is 0 Å². The zero-order chi connectivity index (χ0) is 9.38. The summed E-state index contributed by atoms with van der Waals surface area (Å²) in [5.74, 6) is 0. The number of ether oxygens (including phenoxy) is 2. The molecule has 1 saturated carbocycles. The lowest BCUT2D eigenvalue weighted by Crippen LogP contribution is -2.15. The highest BCUT2D eigenvalue weighted by Crippen LogP contribution is 2.40. The quantitative estimate of drug-likeness (QED) is 0.681. The van der Waals surface area contributed by atoms with Crippen LogP contribution in [0.4, 0.5) is 0 Å². The molecule has 1 aliphatic carbocycles. The molecule has 2 heteroatoms. The van der Waals surface area contributed by atoms with Crippen LogP contribution in [0.5, 0.6) is 0 Å². The Balaban J connectivity index is 1.54. The Bertz CT molecular complexity index is 309. The van der Waals surface area contributed by atoms with Crippen LogP contribution in [0, 0.1) is 0 Å². The van der Waals surface area contributed by atoms with Gasteiger partial charge in [-0.2, -0.15) is 0 Å². The van der Waals surface area contributed by atoms with E-state index in [9.17, 15) is 0 Å². The summed E-state index contributed by atoms with van der Waals surface area (Å²) in [6, 6.07) is 10.3. The van der Waals surface area contributed by atoms with E-state index in [2.05, 4.69) is 12.1 Å². The predicted octanol–water partition coefficient (Wildman–Crippen LogP) is 2.13. The summed E-state index contributed by atoms with van der Waals surface area (Å²) in [4.78, 5) is 0. The summed E-state index contributed by atoms with van der Waals surface area (Å²) in [6.07, 6.45) is 3.64. The van der Waals surface area contributed by atoms with Crippen LogP contribution in [0.15, 0.2) is 30.3 Å². The fourth-order valence-electron chi connectivity index (χ4n) is 2.16. The third-order valence-electron chi connectivity index (χ3n) is 3.03. The van der Waals surface area contributed by atoms with Crippen LogP contribution in [0.1, 0.15) is 18.4 Å². The van der Waals surface area contributed by atoms with Crippen molar-refractivity contribution in [1.29, 1.82) is 0 Å². The average Bonchev–Trinajstić information content (AvgIpc) is 2.92. The van der Waals surface area contributed by atoms with E-state index in [-0.39, 0.29) is 0 Å². The molecule has 3 rings (SSSR count). The van der Waals surface area contributed by atoms with Gasteiger partial charge in [0.2, 0.25) is 0 Å². The topological polar surface area (TPSA) is 21.8 Å². The zero-order valence-corrected chi connectivity index (χ0v) is 8.06. The van der Waals surface area contributed by atoms with E-state index in [1.807, 2.05) is 18.2 Å². The number of hydrogen-bond donors (Lipinski definition) is 0. The van der Waals surface area contributed by atoms with E-state index in [0.717, 1.165) is 6.61 Å².